The second-order valence-electron chi connectivity index (χ2n) is 5.59. The summed E-state index contributed by atoms with van der Waals surface area (Å²) < 4.78 is 2.13. The summed E-state index contributed by atoms with van der Waals surface area (Å²) in [7, 11) is 0. The lowest BCUT2D eigenvalue weighted by molar-refractivity contribution is 0.540. The second kappa shape index (κ2) is 5.57. The first kappa shape index (κ1) is 13.6. The van der Waals surface area contributed by atoms with E-state index in [-0.39, 0.29) is 0 Å². The predicted octanol–water partition coefficient (Wildman–Crippen LogP) is 5.11. The van der Waals surface area contributed by atoms with Crippen LogP contribution in [-0.2, 0) is 0 Å². The predicted molar refractivity (Wildman–Crippen MR) is 88.2 cm³/mol. The Kier molecular flexibility index (Phi) is 3.61. The molecule has 0 saturated carbocycles. The highest BCUT2D eigenvalue weighted by Crippen LogP contribution is 2.33. The number of aromatic nitrogens is 2. The Balaban J connectivity index is 2.22. The summed E-state index contributed by atoms with van der Waals surface area (Å²) in [4.78, 5) is 0. The minimum Gasteiger partial charge on any atom is -0.261 e. The van der Waals surface area contributed by atoms with E-state index in [0.717, 1.165) is 5.69 Å². The van der Waals surface area contributed by atoms with Crippen molar-refractivity contribution in [3.8, 4) is 22.5 Å². The van der Waals surface area contributed by atoms with Crippen LogP contribution < -0.4 is 0 Å². The maximum absolute atomic E-state index is 4.87. The van der Waals surface area contributed by atoms with E-state index in [2.05, 4.69) is 74.0 Å². The molecule has 0 unspecified atom stereocenters. The maximum Gasteiger partial charge on any atom is 0.0959 e. The van der Waals surface area contributed by atoms with Crippen LogP contribution in [0.1, 0.15) is 25.5 Å². The van der Waals surface area contributed by atoms with Crippen molar-refractivity contribution in [2.45, 2.75) is 26.8 Å². The minimum absolute atomic E-state index is 0.330. The van der Waals surface area contributed by atoms with Gasteiger partial charge in [-0.1, -0.05) is 60.7 Å². The van der Waals surface area contributed by atoms with Gasteiger partial charge in [0.25, 0.3) is 0 Å². The summed E-state index contributed by atoms with van der Waals surface area (Å²) in [5.41, 5.74) is 5.92. The smallest absolute Gasteiger partial charge is 0.0959 e. The third-order valence-corrected chi connectivity index (χ3v) is 3.73. The maximum atomic E-state index is 4.87. The Morgan fingerprint density at radius 1 is 0.810 bits per heavy atom. The molecule has 3 aromatic rings. The van der Waals surface area contributed by atoms with Crippen LogP contribution >= 0.6 is 0 Å². The van der Waals surface area contributed by atoms with Crippen molar-refractivity contribution in [3.05, 3.63) is 66.2 Å². The van der Waals surface area contributed by atoms with Crippen LogP contribution in [-0.4, -0.2) is 9.78 Å². The van der Waals surface area contributed by atoms with E-state index in [1.54, 1.807) is 0 Å². The molecule has 0 spiro atoms. The average molecular weight is 276 g/mol. The molecule has 3 rings (SSSR count). The Morgan fingerprint density at radius 2 is 1.33 bits per heavy atom. The van der Waals surface area contributed by atoms with Crippen molar-refractivity contribution in [2.75, 3.05) is 0 Å². The van der Waals surface area contributed by atoms with Crippen LogP contribution in [0.3, 0.4) is 0 Å². The first-order valence-corrected chi connectivity index (χ1v) is 7.38. The Morgan fingerprint density at radius 3 is 1.86 bits per heavy atom. The zero-order valence-electron chi connectivity index (χ0n) is 12.7. The number of nitrogens with zero attached hydrogens (tertiary/aromatic N) is 2. The molecule has 106 valence electrons. The van der Waals surface area contributed by atoms with Gasteiger partial charge in [-0.25, -0.2) is 0 Å². The monoisotopic (exact) mass is 276 g/mol. The molecule has 2 aromatic carbocycles. The first-order valence-electron chi connectivity index (χ1n) is 7.38. The largest absolute Gasteiger partial charge is 0.261 e. The molecule has 0 aliphatic carbocycles. The van der Waals surface area contributed by atoms with E-state index in [4.69, 9.17) is 5.10 Å². The molecule has 0 aliphatic rings. The fourth-order valence-electron chi connectivity index (χ4n) is 2.71. The van der Waals surface area contributed by atoms with Gasteiger partial charge in [0.1, 0.15) is 0 Å². The molecule has 1 heterocycles. The summed E-state index contributed by atoms with van der Waals surface area (Å²) in [6.07, 6.45) is 0. The van der Waals surface area contributed by atoms with Gasteiger partial charge in [0.05, 0.1) is 11.4 Å². The van der Waals surface area contributed by atoms with Gasteiger partial charge in [-0.05, 0) is 20.8 Å². The highest BCUT2D eigenvalue weighted by Gasteiger charge is 2.18. The quantitative estimate of drug-likeness (QED) is 0.650. The van der Waals surface area contributed by atoms with Crippen molar-refractivity contribution in [2.24, 2.45) is 0 Å². The average Bonchev–Trinajstić information content (AvgIpc) is 2.87. The van der Waals surface area contributed by atoms with Crippen LogP contribution in [0.2, 0.25) is 0 Å². The number of rotatable bonds is 3. The molecule has 2 heteroatoms. The van der Waals surface area contributed by atoms with E-state index >= 15 is 0 Å². The van der Waals surface area contributed by atoms with E-state index in [0.29, 0.717) is 6.04 Å². The molecule has 0 aliphatic heterocycles. The molecule has 0 amide bonds. The molecule has 1 aromatic heterocycles. The zero-order valence-corrected chi connectivity index (χ0v) is 12.7. The molecule has 0 bridgehead atoms. The topological polar surface area (TPSA) is 17.8 Å². The third-order valence-electron chi connectivity index (χ3n) is 3.73. The standard InChI is InChI=1S/C19H20N2/c1-14(2)21-19(17-12-8-5-9-13-17)15(3)18(20-21)16-10-6-4-7-11-16/h4-14H,1-3H3. The molecule has 0 saturated heterocycles. The van der Waals surface area contributed by atoms with Gasteiger partial charge in [-0.15, -0.1) is 0 Å². The first-order chi connectivity index (χ1) is 10.2. The highest BCUT2D eigenvalue weighted by atomic mass is 15.3. The van der Waals surface area contributed by atoms with Crippen LogP contribution in [0.15, 0.2) is 60.7 Å². The van der Waals surface area contributed by atoms with Crippen LogP contribution in [0.25, 0.3) is 22.5 Å². The van der Waals surface area contributed by atoms with E-state index in [1.807, 2.05) is 12.1 Å². The van der Waals surface area contributed by atoms with Gasteiger partial charge in [-0.3, -0.25) is 4.68 Å². The highest BCUT2D eigenvalue weighted by molar-refractivity contribution is 5.74. The van der Waals surface area contributed by atoms with Crippen molar-refractivity contribution >= 4 is 0 Å². The van der Waals surface area contributed by atoms with Gasteiger partial charge in [0.15, 0.2) is 0 Å². The van der Waals surface area contributed by atoms with Crippen molar-refractivity contribution in [3.63, 3.8) is 0 Å². The minimum atomic E-state index is 0.330. The van der Waals surface area contributed by atoms with Crippen molar-refractivity contribution in [1.82, 2.24) is 9.78 Å². The Labute approximate surface area is 126 Å². The second-order valence-corrected chi connectivity index (χ2v) is 5.59. The van der Waals surface area contributed by atoms with E-state index < -0.39 is 0 Å². The fraction of sp³-hybridized carbons (Fsp3) is 0.211. The molecule has 0 fully saturated rings. The van der Waals surface area contributed by atoms with Gasteiger partial charge < -0.3 is 0 Å². The lowest BCUT2D eigenvalue weighted by Crippen LogP contribution is -2.05. The number of hydrogen-bond donors (Lipinski definition) is 0. The number of benzene rings is 2. The summed E-state index contributed by atoms with van der Waals surface area (Å²) in [6, 6.07) is 21.2. The SMILES string of the molecule is Cc1c(-c2ccccc2)nn(C(C)C)c1-c1ccccc1. The van der Waals surface area contributed by atoms with Crippen molar-refractivity contribution in [1.29, 1.82) is 0 Å². The Bertz CT molecular complexity index is 725. The molecule has 0 radical (unpaired) electrons. The fourth-order valence-corrected chi connectivity index (χ4v) is 2.71. The molecular formula is C19H20N2. The molecule has 21 heavy (non-hydrogen) atoms. The van der Waals surface area contributed by atoms with E-state index in [1.165, 1.54) is 22.4 Å². The van der Waals surface area contributed by atoms with Gasteiger partial charge in [-0.2, -0.15) is 5.10 Å². The molecule has 0 atom stereocenters. The van der Waals surface area contributed by atoms with Gasteiger partial charge in [0.2, 0.25) is 0 Å². The van der Waals surface area contributed by atoms with Gasteiger partial charge >= 0.3 is 0 Å². The summed E-state index contributed by atoms with van der Waals surface area (Å²) in [5.74, 6) is 0. The third kappa shape index (κ3) is 2.49. The lowest BCUT2D eigenvalue weighted by Gasteiger charge is -2.11. The molecular weight excluding hydrogens is 256 g/mol. The summed E-state index contributed by atoms with van der Waals surface area (Å²) >= 11 is 0. The van der Waals surface area contributed by atoms with Crippen LogP contribution in [0, 0.1) is 6.92 Å². The normalized spacial score (nSPS) is 11.0. The molecule has 0 N–H and O–H groups in total. The van der Waals surface area contributed by atoms with Crippen LogP contribution in [0.5, 0.6) is 0 Å². The van der Waals surface area contributed by atoms with Crippen LogP contribution in [0.4, 0.5) is 0 Å². The van der Waals surface area contributed by atoms with Gasteiger partial charge in [0, 0.05) is 22.7 Å². The Hall–Kier alpha value is -2.35. The van der Waals surface area contributed by atoms with E-state index in [9.17, 15) is 0 Å². The summed E-state index contributed by atoms with van der Waals surface area (Å²) in [6.45, 7) is 6.51. The zero-order chi connectivity index (χ0) is 14.8. The molecule has 2 nitrogen and oxygen atoms in total. The number of hydrogen-bond acceptors (Lipinski definition) is 1. The van der Waals surface area contributed by atoms with Crippen molar-refractivity contribution < 1.29 is 0 Å². The lowest BCUT2D eigenvalue weighted by atomic mass is 10.0. The summed E-state index contributed by atoms with van der Waals surface area (Å²) in [5, 5.41) is 4.87.